The Hall–Kier alpha value is -0.0900. The van der Waals surface area contributed by atoms with Crippen LogP contribution in [0.3, 0.4) is 0 Å². The second kappa shape index (κ2) is 7.49. The molecule has 0 aliphatic heterocycles. The topological polar surface area (TPSA) is 9.23 Å². The van der Waals surface area contributed by atoms with Crippen LogP contribution in [0.2, 0.25) is 0 Å². The monoisotopic (exact) mass is 358 g/mol. The fourth-order valence-electron chi connectivity index (χ4n) is 3.04. The van der Waals surface area contributed by atoms with Gasteiger partial charge in [-0.15, -0.1) is 0 Å². The largest absolute Gasteiger partial charge is 0.385 e. The summed E-state index contributed by atoms with van der Waals surface area (Å²) in [4.78, 5) is 0. The average molecular weight is 358 g/mol. The van der Waals surface area contributed by atoms with Crippen LogP contribution < -0.4 is 0 Å². The Bertz CT molecular complexity index is 339. The summed E-state index contributed by atoms with van der Waals surface area (Å²) in [7, 11) is 1.80. The van der Waals surface area contributed by atoms with Crippen LogP contribution in [0.4, 0.5) is 0 Å². The molecule has 0 saturated heterocycles. The molecule has 1 aromatic carbocycles. The third-order valence-electron chi connectivity index (χ3n) is 4.15. The van der Waals surface area contributed by atoms with Crippen molar-refractivity contribution in [2.75, 3.05) is 13.7 Å². The summed E-state index contributed by atoms with van der Waals surface area (Å²) >= 11 is 2.38. The van der Waals surface area contributed by atoms with Crippen molar-refractivity contribution in [3.05, 3.63) is 33.4 Å². The quantitative estimate of drug-likeness (QED) is 0.532. The van der Waals surface area contributed by atoms with Gasteiger partial charge in [-0.1, -0.05) is 12.1 Å². The molecule has 1 saturated carbocycles. The Balaban J connectivity index is 1.77. The number of hydrogen-bond acceptors (Lipinski definition) is 1. The van der Waals surface area contributed by atoms with E-state index in [-0.39, 0.29) is 0 Å². The van der Waals surface area contributed by atoms with E-state index < -0.39 is 0 Å². The molecule has 2 heteroatoms. The van der Waals surface area contributed by atoms with E-state index in [2.05, 4.69) is 46.9 Å². The summed E-state index contributed by atoms with van der Waals surface area (Å²) in [5.74, 6) is 1.75. The van der Waals surface area contributed by atoms with Gasteiger partial charge in [-0.2, -0.15) is 0 Å². The Kier molecular flexibility index (Phi) is 5.96. The molecule has 1 fully saturated rings. The van der Waals surface area contributed by atoms with Crippen LogP contribution in [0.1, 0.15) is 50.0 Å². The van der Waals surface area contributed by atoms with Gasteiger partial charge >= 0.3 is 0 Å². The first-order valence-corrected chi connectivity index (χ1v) is 8.12. The first-order chi connectivity index (χ1) is 8.79. The summed E-state index contributed by atoms with van der Waals surface area (Å²) in [6.07, 6.45) is 8.14. The van der Waals surface area contributed by atoms with Gasteiger partial charge in [0.15, 0.2) is 0 Å². The van der Waals surface area contributed by atoms with E-state index in [9.17, 15) is 0 Å². The molecule has 0 N–H and O–H groups in total. The average Bonchev–Trinajstić information content (AvgIpc) is 2.41. The highest BCUT2D eigenvalue weighted by molar-refractivity contribution is 14.1. The Morgan fingerprint density at radius 2 is 1.78 bits per heavy atom. The van der Waals surface area contributed by atoms with E-state index in [1.807, 2.05) is 0 Å². The van der Waals surface area contributed by atoms with Gasteiger partial charge < -0.3 is 4.74 Å². The highest BCUT2D eigenvalue weighted by Gasteiger charge is 2.21. The summed E-state index contributed by atoms with van der Waals surface area (Å²) in [6.45, 7) is 0.928. The van der Waals surface area contributed by atoms with Crippen molar-refractivity contribution in [1.82, 2.24) is 0 Å². The maximum Gasteiger partial charge on any atom is 0.0462 e. The third-order valence-corrected chi connectivity index (χ3v) is 4.87. The van der Waals surface area contributed by atoms with Crippen molar-refractivity contribution >= 4 is 22.6 Å². The predicted octanol–water partition coefficient (Wildman–Crippen LogP) is 4.99. The van der Waals surface area contributed by atoms with E-state index in [4.69, 9.17) is 4.74 Å². The van der Waals surface area contributed by atoms with E-state index in [0.29, 0.717) is 0 Å². The summed E-state index contributed by atoms with van der Waals surface area (Å²) in [5.41, 5.74) is 1.55. The molecule has 1 aromatic rings. The minimum Gasteiger partial charge on any atom is -0.385 e. The zero-order valence-electron chi connectivity index (χ0n) is 11.2. The molecule has 0 radical (unpaired) electrons. The van der Waals surface area contributed by atoms with Crippen molar-refractivity contribution in [3.8, 4) is 0 Å². The molecule has 100 valence electrons. The van der Waals surface area contributed by atoms with Gasteiger partial charge in [0.05, 0.1) is 0 Å². The predicted molar refractivity (Wildman–Crippen MR) is 85.0 cm³/mol. The van der Waals surface area contributed by atoms with Gasteiger partial charge in [0.1, 0.15) is 0 Å². The molecule has 0 bridgehead atoms. The maximum absolute atomic E-state index is 5.13. The van der Waals surface area contributed by atoms with Gasteiger partial charge in [-0.3, -0.25) is 0 Å². The molecule has 0 unspecified atom stereocenters. The molecular weight excluding hydrogens is 335 g/mol. The van der Waals surface area contributed by atoms with Crippen molar-refractivity contribution in [1.29, 1.82) is 0 Å². The highest BCUT2D eigenvalue weighted by atomic mass is 127. The molecule has 0 atom stereocenters. The van der Waals surface area contributed by atoms with Crippen molar-refractivity contribution in [2.24, 2.45) is 5.92 Å². The number of halogens is 1. The van der Waals surface area contributed by atoms with Crippen LogP contribution in [0.25, 0.3) is 0 Å². The molecule has 1 aliphatic carbocycles. The zero-order chi connectivity index (χ0) is 12.8. The Morgan fingerprint density at radius 1 is 1.11 bits per heavy atom. The first kappa shape index (κ1) is 14.3. The Morgan fingerprint density at radius 3 is 2.39 bits per heavy atom. The summed E-state index contributed by atoms with van der Waals surface area (Å²) in [5, 5.41) is 0. The van der Waals surface area contributed by atoms with Gasteiger partial charge in [-0.25, -0.2) is 0 Å². The SMILES string of the molecule is COCCCC1CCC(c2ccc(I)cc2)CC1. The zero-order valence-corrected chi connectivity index (χ0v) is 13.4. The van der Waals surface area contributed by atoms with Gasteiger partial charge in [0.2, 0.25) is 0 Å². The summed E-state index contributed by atoms with van der Waals surface area (Å²) in [6, 6.07) is 9.11. The van der Waals surface area contributed by atoms with Gasteiger partial charge in [0, 0.05) is 17.3 Å². The number of ether oxygens (including phenoxy) is 1. The van der Waals surface area contributed by atoms with Crippen LogP contribution in [0, 0.1) is 9.49 Å². The van der Waals surface area contributed by atoms with Gasteiger partial charge in [-0.05, 0) is 90.6 Å². The second-order valence-corrected chi connectivity index (χ2v) is 6.65. The lowest BCUT2D eigenvalue weighted by Crippen LogP contribution is -2.13. The van der Waals surface area contributed by atoms with E-state index in [0.717, 1.165) is 18.4 Å². The van der Waals surface area contributed by atoms with Gasteiger partial charge in [0.25, 0.3) is 0 Å². The number of rotatable bonds is 5. The van der Waals surface area contributed by atoms with Crippen molar-refractivity contribution in [3.63, 3.8) is 0 Å². The number of hydrogen-bond donors (Lipinski definition) is 0. The molecule has 0 heterocycles. The van der Waals surface area contributed by atoms with Crippen LogP contribution in [0.15, 0.2) is 24.3 Å². The smallest absolute Gasteiger partial charge is 0.0462 e. The van der Waals surface area contributed by atoms with E-state index in [1.54, 1.807) is 12.7 Å². The first-order valence-electron chi connectivity index (χ1n) is 7.04. The lowest BCUT2D eigenvalue weighted by atomic mass is 9.77. The normalized spacial score (nSPS) is 24.1. The minimum absolute atomic E-state index is 0.806. The highest BCUT2D eigenvalue weighted by Crippen LogP contribution is 2.37. The number of benzene rings is 1. The lowest BCUT2D eigenvalue weighted by Gasteiger charge is -2.28. The molecular formula is C16H23IO. The third kappa shape index (κ3) is 4.23. The number of methoxy groups -OCH3 is 1. The lowest BCUT2D eigenvalue weighted by molar-refractivity contribution is 0.180. The molecule has 18 heavy (non-hydrogen) atoms. The fourth-order valence-corrected chi connectivity index (χ4v) is 3.40. The minimum atomic E-state index is 0.806. The Labute approximate surface area is 124 Å². The van der Waals surface area contributed by atoms with Crippen molar-refractivity contribution < 1.29 is 4.74 Å². The van der Waals surface area contributed by atoms with Crippen LogP contribution in [0.5, 0.6) is 0 Å². The molecule has 0 aromatic heterocycles. The van der Waals surface area contributed by atoms with Crippen LogP contribution in [-0.2, 0) is 4.74 Å². The second-order valence-electron chi connectivity index (χ2n) is 5.40. The maximum atomic E-state index is 5.13. The molecule has 1 nitrogen and oxygen atoms in total. The summed E-state index contributed by atoms with van der Waals surface area (Å²) < 4.78 is 6.47. The molecule has 1 aliphatic rings. The fraction of sp³-hybridized carbons (Fsp3) is 0.625. The van der Waals surface area contributed by atoms with E-state index >= 15 is 0 Å². The van der Waals surface area contributed by atoms with Crippen LogP contribution in [-0.4, -0.2) is 13.7 Å². The van der Waals surface area contributed by atoms with Crippen molar-refractivity contribution in [2.45, 2.75) is 44.4 Å². The molecule has 0 spiro atoms. The van der Waals surface area contributed by atoms with Crippen LogP contribution >= 0.6 is 22.6 Å². The standard InChI is InChI=1S/C16H23IO/c1-18-12-2-3-13-4-6-14(7-5-13)15-8-10-16(17)11-9-15/h8-11,13-14H,2-7,12H2,1H3. The molecule has 2 rings (SSSR count). The molecule has 0 amide bonds. The van der Waals surface area contributed by atoms with E-state index in [1.165, 1.54) is 42.1 Å².